The first-order valence-corrected chi connectivity index (χ1v) is 7.74. The lowest BCUT2D eigenvalue weighted by molar-refractivity contribution is 0.0678. The predicted octanol–water partition coefficient (Wildman–Crippen LogP) is 3.06. The standard InChI is InChI=1S/C19H16FNO4/c20-14-6-7-16-15(10-14)18(22)11-17(19(23)24)21(16)8-9-25-12-13-4-2-1-3-5-13/h1-7,10-11H,8-9,12H2,(H,23,24). The molecule has 0 fully saturated rings. The van der Waals surface area contributed by atoms with E-state index in [2.05, 4.69) is 0 Å². The Labute approximate surface area is 142 Å². The molecule has 0 amide bonds. The Kier molecular flexibility index (Phi) is 4.90. The molecule has 0 aliphatic rings. The molecule has 0 aliphatic heterocycles. The first kappa shape index (κ1) is 16.9. The lowest BCUT2D eigenvalue weighted by Crippen LogP contribution is -2.20. The summed E-state index contributed by atoms with van der Waals surface area (Å²) in [5, 5.41) is 9.51. The maximum atomic E-state index is 13.4. The molecule has 0 radical (unpaired) electrons. The number of aromatic nitrogens is 1. The Balaban J connectivity index is 1.86. The van der Waals surface area contributed by atoms with Gasteiger partial charge in [-0.05, 0) is 23.8 Å². The van der Waals surface area contributed by atoms with Crippen molar-refractivity contribution in [2.75, 3.05) is 6.61 Å². The van der Waals surface area contributed by atoms with Crippen LogP contribution in [-0.2, 0) is 17.9 Å². The summed E-state index contributed by atoms with van der Waals surface area (Å²) in [6, 6.07) is 14.3. The largest absolute Gasteiger partial charge is 0.477 e. The van der Waals surface area contributed by atoms with Crippen LogP contribution in [0.3, 0.4) is 0 Å². The predicted molar refractivity (Wildman–Crippen MR) is 91.2 cm³/mol. The Hall–Kier alpha value is -2.99. The molecule has 25 heavy (non-hydrogen) atoms. The van der Waals surface area contributed by atoms with Gasteiger partial charge in [0.15, 0.2) is 5.43 Å². The van der Waals surface area contributed by atoms with Crippen molar-refractivity contribution < 1.29 is 19.0 Å². The molecule has 1 aromatic heterocycles. The first-order chi connectivity index (χ1) is 12.1. The van der Waals surface area contributed by atoms with Crippen molar-refractivity contribution in [1.29, 1.82) is 0 Å². The third-order valence-electron chi connectivity index (χ3n) is 3.86. The first-order valence-electron chi connectivity index (χ1n) is 7.74. The monoisotopic (exact) mass is 341 g/mol. The van der Waals surface area contributed by atoms with Gasteiger partial charge in [0.2, 0.25) is 0 Å². The minimum absolute atomic E-state index is 0.146. The molecule has 1 N–H and O–H groups in total. The fourth-order valence-corrected chi connectivity index (χ4v) is 2.69. The molecule has 0 bridgehead atoms. The Morgan fingerprint density at radius 3 is 2.60 bits per heavy atom. The summed E-state index contributed by atoms with van der Waals surface area (Å²) in [5.41, 5.74) is 0.711. The maximum Gasteiger partial charge on any atom is 0.352 e. The van der Waals surface area contributed by atoms with Gasteiger partial charge in [-0.2, -0.15) is 0 Å². The summed E-state index contributed by atoms with van der Waals surface area (Å²) in [7, 11) is 0. The van der Waals surface area contributed by atoms with E-state index in [1.54, 1.807) is 0 Å². The molecule has 6 heteroatoms. The van der Waals surface area contributed by atoms with Gasteiger partial charge in [-0.25, -0.2) is 9.18 Å². The molecule has 0 saturated carbocycles. The molecular weight excluding hydrogens is 325 g/mol. The van der Waals surface area contributed by atoms with Gasteiger partial charge in [0.1, 0.15) is 11.5 Å². The quantitative estimate of drug-likeness (QED) is 0.700. The number of halogens is 1. The van der Waals surface area contributed by atoms with E-state index in [1.807, 2.05) is 30.3 Å². The molecule has 5 nitrogen and oxygen atoms in total. The molecule has 3 rings (SSSR count). The van der Waals surface area contributed by atoms with E-state index in [0.29, 0.717) is 12.1 Å². The molecule has 2 aromatic carbocycles. The zero-order chi connectivity index (χ0) is 17.8. The van der Waals surface area contributed by atoms with Gasteiger partial charge in [-0.3, -0.25) is 4.79 Å². The van der Waals surface area contributed by atoms with Crippen LogP contribution < -0.4 is 5.43 Å². The number of benzene rings is 2. The summed E-state index contributed by atoms with van der Waals surface area (Å²) >= 11 is 0. The molecule has 0 unspecified atom stereocenters. The highest BCUT2D eigenvalue weighted by Gasteiger charge is 2.15. The molecule has 128 valence electrons. The second kappa shape index (κ2) is 7.27. The number of carboxylic acids is 1. The number of aromatic carboxylic acids is 1. The minimum Gasteiger partial charge on any atom is -0.477 e. The number of carboxylic acid groups (broad SMARTS) is 1. The van der Waals surface area contributed by atoms with Crippen LogP contribution >= 0.6 is 0 Å². The van der Waals surface area contributed by atoms with Crippen molar-refractivity contribution in [3.8, 4) is 0 Å². The molecule has 0 spiro atoms. The Morgan fingerprint density at radius 1 is 1.12 bits per heavy atom. The van der Waals surface area contributed by atoms with Crippen LogP contribution in [0.15, 0.2) is 59.4 Å². The zero-order valence-electron chi connectivity index (χ0n) is 13.3. The van der Waals surface area contributed by atoms with Crippen molar-refractivity contribution in [2.45, 2.75) is 13.2 Å². The normalized spacial score (nSPS) is 10.9. The number of ether oxygens (including phenoxy) is 1. The lowest BCUT2D eigenvalue weighted by Gasteiger charge is -2.15. The number of fused-ring (bicyclic) bond motifs is 1. The second-order valence-corrected chi connectivity index (χ2v) is 5.55. The molecular formula is C19H16FNO4. The van der Waals surface area contributed by atoms with Gasteiger partial charge in [0, 0.05) is 18.0 Å². The van der Waals surface area contributed by atoms with Crippen molar-refractivity contribution in [2.24, 2.45) is 0 Å². The van der Waals surface area contributed by atoms with E-state index < -0.39 is 17.2 Å². The van der Waals surface area contributed by atoms with Crippen LogP contribution in [0.2, 0.25) is 0 Å². The van der Waals surface area contributed by atoms with Gasteiger partial charge in [-0.15, -0.1) is 0 Å². The van der Waals surface area contributed by atoms with Crippen molar-refractivity contribution >= 4 is 16.9 Å². The van der Waals surface area contributed by atoms with Gasteiger partial charge in [0.05, 0.1) is 18.7 Å². The summed E-state index contributed by atoms with van der Waals surface area (Å²) in [5.74, 6) is -1.76. The lowest BCUT2D eigenvalue weighted by atomic mass is 10.1. The van der Waals surface area contributed by atoms with Gasteiger partial charge in [0.25, 0.3) is 0 Å². The summed E-state index contributed by atoms with van der Waals surface area (Å²) in [6.07, 6.45) is 0. The molecule has 0 saturated heterocycles. The van der Waals surface area contributed by atoms with E-state index in [1.165, 1.54) is 16.7 Å². The molecule has 0 aliphatic carbocycles. The molecule has 1 heterocycles. The fraction of sp³-hybridized carbons (Fsp3) is 0.158. The Bertz CT molecular complexity index is 966. The van der Waals surface area contributed by atoms with E-state index >= 15 is 0 Å². The average molecular weight is 341 g/mol. The number of pyridine rings is 1. The topological polar surface area (TPSA) is 68.5 Å². The van der Waals surface area contributed by atoms with Gasteiger partial charge >= 0.3 is 5.97 Å². The Morgan fingerprint density at radius 2 is 1.88 bits per heavy atom. The maximum absolute atomic E-state index is 13.4. The molecule has 0 atom stereocenters. The van der Waals surface area contributed by atoms with Crippen LogP contribution in [-0.4, -0.2) is 22.2 Å². The number of hydrogen-bond donors (Lipinski definition) is 1. The number of nitrogens with zero attached hydrogens (tertiary/aromatic N) is 1. The van der Waals surface area contributed by atoms with Crippen LogP contribution in [0.25, 0.3) is 10.9 Å². The average Bonchev–Trinajstić information content (AvgIpc) is 2.61. The molecule has 3 aromatic rings. The summed E-state index contributed by atoms with van der Waals surface area (Å²) in [6.45, 7) is 0.886. The highest BCUT2D eigenvalue weighted by atomic mass is 19.1. The highest BCUT2D eigenvalue weighted by molar-refractivity contribution is 5.90. The minimum atomic E-state index is -1.22. The van der Waals surface area contributed by atoms with Crippen molar-refractivity contribution in [3.63, 3.8) is 0 Å². The van der Waals surface area contributed by atoms with E-state index in [-0.39, 0.29) is 24.2 Å². The summed E-state index contributed by atoms with van der Waals surface area (Å²) in [4.78, 5) is 23.5. The number of carbonyl (C=O) groups is 1. The third kappa shape index (κ3) is 3.75. The highest BCUT2D eigenvalue weighted by Crippen LogP contribution is 2.15. The smallest absolute Gasteiger partial charge is 0.352 e. The van der Waals surface area contributed by atoms with Crippen LogP contribution in [0.4, 0.5) is 4.39 Å². The van der Waals surface area contributed by atoms with E-state index in [0.717, 1.165) is 17.7 Å². The second-order valence-electron chi connectivity index (χ2n) is 5.55. The van der Waals surface area contributed by atoms with Gasteiger partial charge in [-0.1, -0.05) is 30.3 Å². The van der Waals surface area contributed by atoms with E-state index in [4.69, 9.17) is 4.74 Å². The van der Waals surface area contributed by atoms with Crippen LogP contribution in [0, 0.1) is 5.82 Å². The number of rotatable bonds is 6. The fourth-order valence-electron chi connectivity index (χ4n) is 2.69. The van der Waals surface area contributed by atoms with Crippen LogP contribution in [0.5, 0.6) is 0 Å². The van der Waals surface area contributed by atoms with Gasteiger partial charge < -0.3 is 14.4 Å². The van der Waals surface area contributed by atoms with Crippen molar-refractivity contribution in [1.82, 2.24) is 4.57 Å². The van der Waals surface area contributed by atoms with E-state index in [9.17, 15) is 19.1 Å². The summed E-state index contributed by atoms with van der Waals surface area (Å²) < 4.78 is 20.5. The van der Waals surface area contributed by atoms with Crippen molar-refractivity contribution in [3.05, 3.63) is 81.9 Å². The van der Waals surface area contributed by atoms with Crippen LogP contribution in [0.1, 0.15) is 16.1 Å². The number of hydrogen-bond acceptors (Lipinski definition) is 3. The third-order valence-corrected chi connectivity index (χ3v) is 3.86. The SMILES string of the molecule is O=C(O)c1cc(=O)c2cc(F)ccc2n1CCOCc1ccccc1. The zero-order valence-corrected chi connectivity index (χ0v) is 13.3.